The van der Waals surface area contributed by atoms with E-state index in [1.807, 2.05) is 0 Å². The van der Waals surface area contributed by atoms with Crippen molar-refractivity contribution >= 4 is 31.4 Å². The van der Waals surface area contributed by atoms with Crippen molar-refractivity contribution in [2.75, 3.05) is 37.8 Å². The van der Waals surface area contributed by atoms with E-state index in [1.54, 1.807) is 13.8 Å². The molecule has 2 rings (SSSR count). The largest absolute Gasteiger partial charge is 0.375 e. The lowest BCUT2D eigenvalue weighted by Crippen LogP contribution is -2.44. The maximum absolute atomic E-state index is 12.6. The molecule has 1 aliphatic heterocycles. The van der Waals surface area contributed by atoms with Gasteiger partial charge in [-0.15, -0.1) is 0 Å². The van der Waals surface area contributed by atoms with E-state index in [2.05, 4.69) is 5.32 Å². The number of rotatable bonds is 8. The average Bonchev–Trinajstić information content (AvgIpc) is 2.62. The third kappa shape index (κ3) is 4.99. The van der Waals surface area contributed by atoms with Gasteiger partial charge in [-0.05, 0) is 25.0 Å². The fourth-order valence-corrected chi connectivity index (χ4v) is 5.63. The summed E-state index contributed by atoms with van der Waals surface area (Å²) in [4.78, 5) is 10.7. The molecule has 1 saturated heterocycles. The van der Waals surface area contributed by atoms with E-state index >= 15 is 0 Å². The molecule has 12 heteroatoms. The maximum atomic E-state index is 12.6. The molecule has 0 bridgehead atoms. The van der Waals surface area contributed by atoms with E-state index in [-0.39, 0.29) is 41.9 Å². The minimum absolute atomic E-state index is 0.144. The lowest BCUT2D eigenvalue weighted by atomic mass is 10.1. The van der Waals surface area contributed by atoms with Crippen molar-refractivity contribution in [2.45, 2.75) is 37.6 Å². The fraction of sp³-hybridized carbons (Fsp3) is 0.625. The summed E-state index contributed by atoms with van der Waals surface area (Å²) in [6, 6.07) is 3.45. The van der Waals surface area contributed by atoms with Gasteiger partial charge in [0.15, 0.2) is 0 Å². The summed E-state index contributed by atoms with van der Waals surface area (Å²) in [6.07, 6.45) is 2.42. The molecule has 28 heavy (non-hydrogen) atoms. The molecule has 0 aliphatic carbocycles. The van der Waals surface area contributed by atoms with Crippen LogP contribution in [-0.2, 0) is 20.0 Å². The lowest BCUT2D eigenvalue weighted by Gasteiger charge is -2.31. The van der Waals surface area contributed by atoms with Gasteiger partial charge in [0.1, 0.15) is 5.69 Å². The molecule has 1 aliphatic rings. The van der Waals surface area contributed by atoms with Gasteiger partial charge in [0.05, 0.1) is 16.1 Å². The highest BCUT2D eigenvalue weighted by Gasteiger charge is 2.29. The first kappa shape index (κ1) is 22.5. The molecule has 1 aromatic rings. The fourth-order valence-electron chi connectivity index (χ4n) is 3.24. The maximum Gasteiger partial charge on any atom is 0.293 e. The zero-order chi connectivity index (χ0) is 21.1. The zero-order valence-corrected chi connectivity index (χ0v) is 17.8. The van der Waals surface area contributed by atoms with Crippen LogP contribution in [0, 0.1) is 10.1 Å². The second kappa shape index (κ2) is 8.72. The molecule has 0 spiro atoms. The molecular weight excluding hydrogens is 408 g/mol. The monoisotopic (exact) mass is 434 g/mol. The second-order valence-corrected chi connectivity index (χ2v) is 10.6. The smallest absolute Gasteiger partial charge is 0.293 e. The molecule has 0 aromatic heterocycles. The number of nitro groups is 1. The Kier molecular flexibility index (Phi) is 7.02. The number of hydrogen-bond acceptors (Lipinski definition) is 7. The van der Waals surface area contributed by atoms with Crippen LogP contribution >= 0.6 is 0 Å². The van der Waals surface area contributed by atoms with Crippen LogP contribution in [0.25, 0.3) is 0 Å². The third-order valence-corrected chi connectivity index (χ3v) is 8.04. The molecule has 10 nitrogen and oxygen atoms in total. The molecule has 1 atom stereocenters. The highest BCUT2D eigenvalue weighted by Crippen LogP contribution is 2.30. The van der Waals surface area contributed by atoms with Crippen LogP contribution in [0.2, 0.25) is 0 Å². The van der Waals surface area contributed by atoms with E-state index in [0.717, 1.165) is 12.3 Å². The predicted molar refractivity (Wildman–Crippen MR) is 106 cm³/mol. The number of sulfonamides is 2. The van der Waals surface area contributed by atoms with Gasteiger partial charge in [-0.1, -0.05) is 13.8 Å². The van der Waals surface area contributed by atoms with Crippen LogP contribution in [0.15, 0.2) is 23.1 Å². The van der Waals surface area contributed by atoms with Gasteiger partial charge >= 0.3 is 0 Å². The molecule has 0 amide bonds. The molecule has 1 N–H and O–H groups in total. The van der Waals surface area contributed by atoms with Gasteiger partial charge in [0, 0.05) is 38.3 Å². The Balaban J connectivity index is 2.32. The second-order valence-electron chi connectivity index (χ2n) is 6.63. The standard InChI is InChI=1S/C16H26N4O6S2/c1-4-18(5-2)28(25,26)14-8-9-15(16(11-14)20(21)22)17-13-7-6-10-19(12-13)27(3,23)24/h8-9,11,13,17H,4-7,10,12H2,1-3H3. The number of nitrogens with zero attached hydrogens (tertiary/aromatic N) is 3. The topological polar surface area (TPSA) is 130 Å². The van der Waals surface area contributed by atoms with Crippen LogP contribution in [0.4, 0.5) is 11.4 Å². The minimum atomic E-state index is -3.82. The SMILES string of the molecule is CCN(CC)S(=O)(=O)c1ccc(NC2CCCN(S(C)(=O)=O)C2)c([N+](=O)[O-])c1. The van der Waals surface area contributed by atoms with E-state index < -0.39 is 25.0 Å². The number of nitro benzene ring substituents is 1. The number of anilines is 1. The number of piperidine rings is 1. The van der Waals surface area contributed by atoms with Crippen LogP contribution in [-0.4, -0.2) is 68.8 Å². The summed E-state index contributed by atoms with van der Waals surface area (Å²) in [5.41, 5.74) is -0.187. The van der Waals surface area contributed by atoms with Crippen molar-refractivity contribution in [3.8, 4) is 0 Å². The highest BCUT2D eigenvalue weighted by atomic mass is 32.2. The predicted octanol–water partition coefficient (Wildman–Crippen LogP) is 1.46. The van der Waals surface area contributed by atoms with Crippen LogP contribution < -0.4 is 5.32 Å². The van der Waals surface area contributed by atoms with Crippen molar-refractivity contribution in [1.82, 2.24) is 8.61 Å². The van der Waals surface area contributed by atoms with E-state index in [1.165, 1.54) is 20.7 Å². The molecule has 0 radical (unpaired) electrons. The summed E-state index contributed by atoms with van der Waals surface area (Å²) in [5, 5.41) is 14.5. The van der Waals surface area contributed by atoms with Gasteiger partial charge in [-0.2, -0.15) is 4.31 Å². The molecule has 1 aromatic carbocycles. The zero-order valence-electron chi connectivity index (χ0n) is 16.2. The van der Waals surface area contributed by atoms with Crippen LogP contribution in [0.5, 0.6) is 0 Å². The number of benzene rings is 1. The van der Waals surface area contributed by atoms with Crippen molar-refractivity contribution in [3.63, 3.8) is 0 Å². The number of nitrogens with one attached hydrogen (secondary N) is 1. The molecule has 158 valence electrons. The Bertz CT molecular complexity index is 928. The summed E-state index contributed by atoms with van der Waals surface area (Å²) >= 11 is 0. The first-order valence-corrected chi connectivity index (χ1v) is 12.3. The van der Waals surface area contributed by atoms with Gasteiger partial charge < -0.3 is 5.32 Å². The minimum Gasteiger partial charge on any atom is -0.375 e. The summed E-state index contributed by atoms with van der Waals surface area (Å²) in [5.74, 6) is 0. The van der Waals surface area contributed by atoms with Gasteiger partial charge in [0.25, 0.3) is 5.69 Å². The number of hydrogen-bond donors (Lipinski definition) is 1. The van der Waals surface area contributed by atoms with Crippen molar-refractivity contribution in [3.05, 3.63) is 28.3 Å². The molecular formula is C16H26N4O6S2. The normalized spacial score (nSPS) is 18.9. The van der Waals surface area contributed by atoms with Gasteiger partial charge in [0.2, 0.25) is 20.0 Å². The quantitative estimate of drug-likeness (QED) is 0.484. The Morgan fingerprint density at radius 2 is 1.89 bits per heavy atom. The van der Waals surface area contributed by atoms with Gasteiger partial charge in [-0.25, -0.2) is 21.1 Å². The van der Waals surface area contributed by atoms with Gasteiger partial charge in [-0.3, -0.25) is 10.1 Å². The van der Waals surface area contributed by atoms with E-state index in [9.17, 15) is 26.9 Å². The Morgan fingerprint density at radius 1 is 1.25 bits per heavy atom. The summed E-state index contributed by atoms with van der Waals surface area (Å²) in [6.45, 7) is 4.53. The first-order chi connectivity index (χ1) is 13.0. The van der Waals surface area contributed by atoms with Crippen molar-refractivity contribution in [1.29, 1.82) is 0 Å². The molecule has 1 heterocycles. The van der Waals surface area contributed by atoms with Crippen LogP contribution in [0.1, 0.15) is 26.7 Å². The highest BCUT2D eigenvalue weighted by molar-refractivity contribution is 7.89. The Labute approximate surface area is 165 Å². The van der Waals surface area contributed by atoms with Crippen molar-refractivity contribution < 1.29 is 21.8 Å². The average molecular weight is 435 g/mol. The first-order valence-electron chi connectivity index (χ1n) is 9.01. The Hall–Kier alpha value is -1.76. The lowest BCUT2D eigenvalue weighted by molar-refractivity contribution is -0.384. The van der Waals surface area contributed by atoms with Crippen LogP contribution in [0.3, 0.4) is 0 Å². The summed E-state index contributed by atoms with van der Waals surface area (Å²) in [7, 11) is -7.17. The van der Waals surface area contributed by atoms with Crippen molar-refractivity contribution in [2.24, 2.45) is 0 Å². The summed E-state index contributed by atoms with van der Waals surface area (Å²) < 4.78 is 51.3. The third-order valence-electron chi connectivity index (χ3n) is 4.72. The molecule has 1 unspecified atom stereocenters. The Morgan fingerprint density at radius 3 is 2.43 bits per heavy atom. The molecule has 0 saturated carbocycles. The van der Waals surface area contributed by atoms with E-state index in [0.29, 0.717) is 19.4 Å². The van der Waals surface area contributed by atoms with E-state index in [4.69, 9.17) is 0 Å². The molecule has 1 fully saturated rings.